The summed E-state index contributed by atoms with van der Waals surface area (Å²) in [5, 5.41) is 0.378. The first kappa shape index (κ1) is 13.8. The Balaban J connectivity index is 3.19. The molecule has 0 spiro atoms. The Morgan fingerprint density at radius 1 is 1.19 bits per heavy atom. The molecule has 7 heteroatoms. The molecule has 0 amide bonds. The van der Waals surface area contributed by atoms with Crippen molar-refractivity contribution in [2.75, 3.05) is 12.0 Å². The monoisotopic (exact) mass is 300 g/mol. The van der Waals surface area contributed by atoms with E-state index in [0.717, 1.165) is 6.26 Å². The molecule has 0 heterocycles. The summed E-state index contributed by atoms with van der Waals surface area (Å²) in [4.78, 5) is 11.6. The van der Waals surface area contributed by atoms with Crippen molar-refractivity contribution in [3.05, 3.63) is 32.8 Å². The third-order valence-corrected chi connectivity index (χ3v) is 3.28. The summed E-state index contributed by atoms with van der Waals surface area (Å²) in [6.07, 6.45) is 0.961. The predicted molar refractivity (Wildman–Crippen MR) is 65.5 cm³/mol. The van der Waals surface area contributed by atoms with Gasteiger partial charge in [0.15, 0.2) is 15.6 Å². The number of Topliss-reactive ketones (excluding diaryl/α,β-unsaturated/α-hetero) is 1. The molecule has 0 aromatic heterocycles. The van der Waals surface area contributed by atoms with Crippen molar-refractivity contribution in [3.8, 4) is 0 Å². The Kier molecular flexibility index (Phi) is 4.23. The summed E-state index contributed by atoms with van der Waals surface area (Å²) in [5.74, 6) is -1.28. The minimum atomic E-state index is -3.41. The van der Waals surface area contributed by atoms with Gasteiger partial charge in [0, 0.05) is 11.3 Å². The lowest BCUT2D eigenvalue weighted by atomic mass is 10.1. The van der Waals surface area contributed by atoms with Crippen molar-refractivity contribution in [1.82, 2.24) is 0 Å². The van der Waals surface area contributed by atoms with Gasteiger partial charge in [0.25, 0.3) is 0 Å². The SMILES string of the molecule is CS(=O)(=O)CC(=O)c1c(Cl)cc(Cl)cc1Cl. The van der Waals surface area contributed by atoms with Crippen LogP contribution in [-0.4, -0.2) is 26.2 Å². The van der Waals surface area contributed by atoms with Gasteiger partial charge in [0.05, 0.1) is 15.6 Å². The third-order valence-electron chi connectivity index (χ3n) is 1.68. The van der Waals surface area contributed by atoms with Gasteiger partial charge in [0.2, 0.25) is 0 Å². The van der Waals surface area contributed by atoms with E-state index in [0.29, 0.717) is 0 Å². The maximum Gasteiger partial charge on any atom is 0.180 e. The topological polar surface area (TPSA) is 51.2 Å². The number of hydrogen-bond donors (Lipinski definition) is 0. The van der Waals surface area contributed by atoms with E-state index in [1.165, 1.54) is 12.1 Å². The molecule has 1 aromatic carbocycles. The van der Waals surface area contributed by atoms with Crippen LogP contribution in [0.1, 0.15) is 10.4 Å². The van der Waals surface area contributed by atoms with Crippen molar-refractivity contribution in [3.63, 3.8) is 0 Å². The van der Waals surface area contributed by atoms with Gasteiger partial charge in [-0.05, 0) is 12.1 Å². The van der Waals surface area contributed by atoms with Gasteiger partial charge in [-0.25, -0.2) is 8.42 Å². The second-order valence-corrected chi connectivity index (χ2v) is 6.63. The van der Waals surface area contributed by atoms with Gasteiger partial charge in [-0.2, -0.15) is 0 Å². The van der Waals surface area contributed by atoms with E-state index < -0.39 is 21.4 Å². The molecule has 0 saturated heterocycles. The largest absolute Gasteiger partial charge is 0.293 e. The lowest BCUT2D eigenvalue weighted by molar-refractivity contribution is 0.102. The van der Waals surface area contributed by atoms with Crippen LogP contribution >= 0.6 is 34.8 Å². The fourth-order valence-corrected chi connectivity index (χ4v) is 2.77. The molecule has 0 aliphatic rings. The van der Waals surface area contributed by atoms with Crippen LogP contribution in [0.15, 0.2) is 12.1 Å². The fourth-order valence-electron chi connectivity index (χ4n) is 1.12. The molecule has 0 N–H and O–H groups in total. The third kappa shape index (κ3) is 3.63. The van der Waals surface area contributed by atoms with E-state index in [4.69, 9.17) is 34.8 Å². The summed E-state index contributed by atoms with van der Waals surface area (Å²) in [7, 11) is -3.41. The zero-order chi connectivity index (χ0) is 12.5. The van der Waals surface area contributed by atoms with Gasteiger partial charge in [0.1, 0.15) is 5.75 Å². The van der Waals surface area contributed by atoms with Crippen molar-refractivity contribution >= 4 is 50.4 Å². The highest BCUT2D eigenvalue weighted by Gasteiger charge is 2.19. The van der Waals surface area contributed by atoms with Crippen LogP contribution in [0.3, 0.4) is 0 Å². The highest BCUT2D eigenvalue weighted by atomic mass is 35.5. The molecule has 88 valence electrons. The smallest absolute Gasteiger partial charge is 0.180 e. The summed E-state index contributed by atoms with van der Waals surface area (Å²) in [6.45, 7) is 0. The van der Waals surface area contributed by atoms with Crippen molar-refractivity contribution in [2.24, 2.45) is 0 Å². The van der Waals surface area contributed by atoms with E-state index in [1.54, 1.807) is 0 Å². The maximum atomic E-state index is 11.6. The highest BCUT2D eigenvalue weighted by Crippen LogP contribution is 2.29. The average Bonchev–Trinajstić information content (AvgIpc) is 1.96. The maximum absolute atomic E-state index is 11.6. The summed E-state index contributed by atoms with van der Waals surface area (Å²) in [5.41, 5.74) is -0.0156. The van der Waals surface area contributed by atoms with Crippen molar-refractivity contribution in [1.29, 1.82) is 0 Å². The summed E-state index contributed by atoms with van der Waals surface area (Å²) in [6, 6.07) is 2.68. The molecule has 1 aromatic rings. The first-order valence-electron chi connectivity index (χ1n) is 4.06. The second kappa shape index (κ2) is 4.92. The van der Waals surface area contributed by atoms with Gasteiger partial charge < -0.3 is 0 Å². The fraction of sp³-hybridized carbons (Fsp3) is 0.222. The molecule has 0 atom stereocenters. The van der Waals surface area contributed by atoms with E-state index in [2.05, 4.69) is 0 Å². The van der Waals surface area contributed by atoms with Crippen molar-refractivity contribution in [2.45, 2.75) is 0 Å². The standard InChI is InChI=1S/C9H7Cl3O3S/c1-16(14,15)4-8(13)9-6(11)2-5(10)3-7(9)12/h2-3H,4H2,1H3. The number of carbonyl (C=O) groups is 1. The molecule has 0 saturated carbocycles. The lowest BCUT2D eigenvalue weighted by Gasteiger charge is -2.05. The number of halogens is 3. The predicted octanol–water partition coefficient (Wildman–Crippen LogP) is 2.87. The molecular weight excluding hydrogens is 295 g/mol. The first-order chi connectivity index (χ1) is 7.20. The highest BCUT2D eigenvalue weighted by molar-refractivity contribution is 7.91. The Labute approximate surface area is 108 Å². The summed E-state index contributed by atoms with van der Waals surface area (Å²) < 4.78 is 21.9. The van der Waals surface area contributed by atoms with E-state index in [9.17, 15) is 13.2 Å². The van der Waals surface area contributed by atoms with E-state index in [1.807, 2.05) is 0 Å². The molecule has 0 bridgehead atoms. The van der Waals surface area contributed by atoms with E-state index in [-0.39, 0.29) is 20.6 Å². The van der Waals surface area contributed by atoms with Crippen LogP contribution in [0.4, 0.5) is 0 Å². The number of sulfone groups is 1. The van der Waals surface area contributed by atoms with Crippen LogP contribution < -0.4 is 0 Å². The van der Waals surface area contributed by atoms with Gasteiger partial charge in [-0.15, -0.1) is 0 Å². The zero-order valence-electron chi connectivity index (χ0n) is 8.13. The van der Waals surface area contributed by atoms with Crippen LogP contribution in [-0.2, 0) is 9.84 Å². The molecule has 0 fully saturated rings. The van der Waals surface area contributed by atoms with Gasteiger partial charge in [-0.3, -0.25) is 4.79 Å². The number of benzene rings is 1. The molecule has 3 nitrogen and oxygen atoms in total. The Bertz CT molecular complexity index is 514. The van der Waals surface area contributed by atoms with Crippen LogP contribution in [0.5, 0.6) is 0 Å². The zero-order valence-corrected chi connectivity index (χ0v) is 11.2. The van der Waals surface area contributed by atoms with E-state index >= 15 is 0 Å². The summed E-state index contributed by atoms with van der Waals surface area (Å²) >= 11 is 17.2. The average molecular weight is 302 g/mol. The Morgan fingerprint density at radius 3 is 2.00 bits per heavy atom. The molecule has 0 unspecified atom stereocenters. The van der Waals surface area contributed by atoms with Crippen molar-refractivity contribution < 1.29 is 13.2 Å². The molecule has 0 aliphatic carbocycles. The second-order valence-electron chi connectivity index (χ2n) is 3.24. The number of hydrogen-bond acceptors (Lipinski definition) is 3. The Hall–Kier alpha value is -0.290. The quantitative estimate of drug-likeness (QED) is 0.807. The molecule has 0 radical (unpaired) electrons. The number of rotatable bonds is 3. The van der Waals surface area contributed by atoms with Crippen LogP contribution in [0, 0.1) is 0 Å². The van der Waals surface area contributed by atoms with Gasteiger partial charge in [-0.1, -0.05) is 34.8 Å². The lowest BCUT2D eigenvalue weighted by Crippen LogP contribution is -2.15. The molecule has 0 aliphatic heterocycles. The number of carbonyl (C=O) groups excluding carboxylic acids is 1. The Morgan fingerprint density at radius 2 is 1.62 bits per heavy atom. The molecular formula is C9H7Cl3O3S. The normalized spacial score (nSPS) is 11.5. The molecule has 1 rings (SSSR count). The minimum Gasteiger partial charge on any atom is -0.293 e. The minimum absolute atomic E-state index is 0.0156. The number of ketones is 1. The van der Waals surface area contributed by atoms with Crippen LogP contribution in [0.2, 0.25) is 15.1 Å². The van der Waals surface area contributed by atoms with Gasteiger partial charge >= 0.3 is 0 Å². The first-order valence-corrected chi connectivity index (χ1v) is 7.25. The molecule has 16 heavy (non-hydrogen) atoms. The van der Waals surface area contributed by atoms with Crippen LogP contribution in [0.25, 0.3) is 0 Å².